The maximum absolute atomic E-state index is 13.0. The summed E-state index contributed by atoms with van der Waals surface area (Å²) in [5.74, 6) is 1.25. The van der Waals surface area contributed by atoms with Gasteiger partial charge in [-0.05, 0) is 42.5 Å². The standard InChI is InChI=1S/C19H17ClFN3O3/c20-17-11-15(24(25)26)5-7-18(17)23-10-9-22-12-16-6-8-19(27-16)13-1-3-14(21)4-2-13/h1-8,11,22-23H,9-10,12H2/p+1. The van der Waals surface area contributed by atoms with Crippen LogP contribution in [0.5, 0.6) is 0 Å². The molecule has 0 saturated carbocycles. The first-order valence-corrected chi connectivity index (χ1v) is 8.75. The lowest BCUT2D eigenvalue weighted by Gasteiger charge is -2.07. The highest BCUT2D eigenvalue weighted by molar-refractivity contribution is 6.33. The molecule has 3 N–H and O–H groups in total. The maximum Gasteiger partial charge on any atom is 0.271 e. The van der Waals surface area contributed by atoms with Crippen LogP contribution in [0.15, 0.2) is 59.0 Å². The van der Waals surface area contributed by atoms with Crippen molar-refractivity contribution in [1.29, 1.82) is 0 Å². The van der Waals surface area contributed by atoms with Crippen molar-refractivity contribution in [2.75, 3.05) is 18.4 Å². The first-order valence-electron chi connectivity index (χ1n) is 8.37. The molecule has 0 unspecified atom stereocenters. The molecule has 140 valence electrons. The van der Waals surface area contributed by atoms with Crippen LogP contribution in [0.25, 0.3) is 11.3 Å². The number of benzene rings is 2. The Morgan fingerprint density at radius 3 is 2.63 bits per heavy atom. The van der Waals surface area contributed by atoms with Crippen molar-refractivity contribution in [3.63, 3.8) is 0 Å². The Balaban J connectivity index is 1.44. The fourth-order valence-electron chi connectivity index (χ4n) is 2.57. The highest BCUT2D eigenvalue weighted by Crippen LogP contribution is 2.26. The van der Waals surface area contributed by atoms with Crippen LogP contribution in [0, 0.1) is 15.9 Å². The molecule has 0 atom stereocenters. The molecule has 6 nitrogen and oxygen atoms in total. The van der Waals surface area contributed by atoms with Gasteiger partial charge in [-0.1, -0.05) is 11.6 Å². The van der Waals surface area contributed by atoms with Gasteiger partial charge in [-0.15, -0.1) is 0 Å². The third-order valence-electron chi connectivity index (χ3n) is 3.96. The summed E-state index contributed by atoms with van der Waals surface area (Å²) >= 11 is 6.04. The van der Waals surface area contributed by atoms with E-state index in [0.29, 0.717) is 29.6 Å². The van der Waals surface area contributed by atoms with Crippen molar-refractivity contribution < 1.29 is 19.0 Å². The average molecular weight is 391 g/mol. The van der Waals surface area contributed by atoms with Crippen molar-refractivity contribution in [2.45, 2.75) is 6.54 Å². The predicted octanol–water partition coefficient (Wildman–Crippen LogP) is 3.82. The highest BCUT2D eigenvalue weighted by atomic mass is 35.5. The molecule has 1 aromatic heterocycles. The lowest BCUT2D eigenvalue weighted by molar-refractivity contribution is -0.669. The van der Waals surface area contributed by atoms with Gasteiger partial charge in [0, 0.05) is 17.7 Å². The van der Waals surface area contributed by atoms with Crippen molar-refractivity contribution in [2.24, 2.45) is 0 Å². The topological polar surface area (TPSA) is 84.9 Å². The van der Waals surface area contributed by atoms with Crippen molar-refractivity contribution in [3.8, 4) is 11.3 Å². The van der Waals surface area contributed by atoms with Gasteiger partial charge in [0.25, 0.3) is 5.69 Å². The molecule has 0 aliphatic carbocycles. The van der Waals surface area contributed by atoms with Crippen molar-refractivity contribution in [1.82, 2.24) is 0 Å². The molecule has 27 heavy (non-hydrogen) atoms. The van der Waals surface area contributed by atoms with Gasteiger partial charge in [-0.3, -0.25) is 10.1 Å². The summed E-state index contributed by atoms with van der Waals surface area (Å²) in [5.41, 5.74) is 1.45. The minimum Gasteiger partial charge on any atom is -0.455 e. The van der Waals surface area contributed by atoms with Crippen LogP contribution < -0.4 is 10.6 Å². The van der Waals surface area contributed by atoms with E-state index < -0.39 is 4.92 Å². The highest BCUT2D eigenvalue weighted by Gasteiger charge is 2.09. The second kappa shape index (κ2) is 8.66. The lowest BCUT2D eigenvalue weighted by atomic mass is 10.2. The van der Waals surface area contributed by atoms with Gasteiger partial charge in [0.2, 0.25) is 0 Å². The monoisotopic (exact) mass is 390 g/mol. The van der Waals surface area contributed by atoms with Gasteiger partial charge in [0.1, 0.15) is 18.1 Å². The van der Waals surface area contributed by atoms with Crippen LogP contribution in [0.3, 0.4) is 0 Å². The second-order valence-corrected chi connectivity index (χ2v) is 6.31. The molecule has 8 heteroatoms. The molecule has 1 heterocycles. The number of furan rings is 1. The fraction of sp³-hybridized carbons (Fsp3) is 0.158. The summed E-state index contributed by atoms with van der Waals surface area (Å²) in [6.07, 6.45) is 0. The van der Waals surface area contributed by atoms with Crippen LogP contribution in [-0.2, 0) is 6.54 Å². The number of nitro groups is 1. The van der Waals surface area contributed by atoms with Crippen LogP contribution in [0.2, 0.25) is 5.02 Å². The first kappa shape index (κ1) is 18.9. The molecule has 0 spiro atoms. The first-order chi connectivity index (χ1) is 13.0. The quantitative estimate of drug-likeness (QED) is 0.348. The summed E-state index contributed by atoms with van der Waals surface area (Å²) in [5, 5.41) is 16.2. The molecule has 0 aliphatic rings. The van der Waals surface area contributed by atoms with E-state index in [1.807, 2.05) is 12.1 Å². The molecule has 0 saturated heterocycles. The number of hydrogen-bond donors (Lipinski definition) is 2. The fourth-order valence-corrected chi connectivity index (χ4v) is 2.81. The molecule has 2 aromatic carbocycles. The minimum absolute atomic E-state index is 0.0353. The molecule has 0 radical (unpaired) electrons. The van der Waals surface area contributed by atoms with Gasteiger partial charge < -0.3 is 15.1 Å². The molecule has 3 aromatic rings. The number of nitrogens with two attached hydrogens (primary N) is 1. The van der Waals surface area contributed by atoms with E-state index in [2.05, 4.69) is 10.6 Å². The van der Waals surface area contributed by atoms with Gasteiger partial charge in [-0.2, -0.15) is 0 Å². The van der Waals surface area contributed by atoms with E-state index in [1.165, 1.54) is 24.3 Å². The van der Waals surface area contributed by atoms with E-state index >= 15 is 0 Å². The second-order valence-electron chi connectivity index (χ2n) is 5.90. The molecule has 0 fully saturated rings. The number of quaternary nitrogens is 1. The van der Waals surface area contributed by atoms with E-state index in [0.717, 1.165) is 17.9 Å². The Labute approximate surface area is 160 Å². The van der Waals surface area contributed by atoms with E-state index in [-0.39, 0.29) is 11.5 Å². The number of nitrogens with zero attached hydrogens (tertiary/aromatic N) is 1. The van der Waals surface area contributed by atoms with Gasteiger partial charge in [0.05, 0.1) is 28.7 Å². The predicted molar refractivity (Wildman–Crippen MR) is 101 cm³/mol. The summed E-state index contributed by atoms with van der Waals surface area (Å²) in [6, 6.07) is 14.3. The third kappa shape index (κ3) is 5.06. The van der Waals surface area contributed by atoms with Gasteiger partial charge in [-0.25, -0.2) is 4.39 Å². The van der Waals surface area contributed by atoms with E-state index in [9.17, 15) is 14.5 Å². The van der Waals surface area contributed by atoms with Crippen molar-refractivity contribution >= 4 is 23.0 Å². The van der Waals surface area contributed by atoms with Gasteiger partial charge in [0.15, 0.2) is 5.76 Å². The minimum atomic E-state index is -0.479. The number of non-ortho nitro benzene ring substituents is 1. The molecule has 3 rings (SSSR count). The summed E-state index contributed by atoms with van der Waals surface area (Å²) < 4.78 is 18.7. The Bertz CT molecular complexity index is 928. The third-order valence-corrected chi connectivity index (χ3v) is 4.28. The van der Waals surface area contributed by atoms with E-state index in [4.69, 9.17) is 16.0 Å². The summed E-state index contributed by atoms with van der Waals surface area (Å²) in [6.45, 7) is 2.07. The summed E-state index contributed by atoms with van der Waals surface area (Å²) in [7, 11) is 0. The number of anilines is 1. The Hall–Kier alpha value is -2.90. The maximum atomic E-state index is 13.0. The zero-order chi connectivity index (χ0) is 19.2. The van der Waals surface area contributed by atoms with Crippen LogP contribution in [-0.4, -0.2) is 18.0 Å². The Kier molecular flexibility index (Phi) is 6.05. The lowest BCUT2D eigenvalue weighted by Crippen LogP contribution is -2.83. The molecule has 0 aliphatic heterocycles. The SMILES string of the molecule is O=[N+]([O-])c1ccc(NCC[NH2+]Cc2ccc(-c3ccc(F)cc3)o2)c(Cl)c1. The van der Waals surface area contributed by atoms with Gasteiger partial charge >= 0.3 is 0 Å². The molecular weight excluding hydrogens is 373 g/mol. The zero-order valence-electron chi connectivity index (χ0n) is 14.3. The van der Waals surface area contributed by atoms with Crippen LogP contribution in [0.1, 0.15) is 5.76 Å². The number of halogens is 2. The van der Waals surface area contributed by atoms with Crippen molar-refractivity contribution in [3.05, 3.63) is 81.3 Å². The average Bonchev–Trinajstić information content (AvgIpc) is 3.12. The normalized spacial score (nSPS) is 10.7. The van der Waals surface area contributed by atoms with E-state index in [1.54, 1.807) is 18.2 Å². The number of rotatable bonds is 8. The molecular formula is C19H18ClFN3O3+. The Morgan fingerprint density at radius 2 is 1.93 bits per heavy atom. The molecule has 0 amide bonds. The molecule has 0 bridgehead atoms. The largest absolute Gasteiger partial charge is 0.455 e. The Morgan fingerprint density at radius 1 is 1.15 bits per heavy atom. The number of nitro benzene ring substituents is 1. The number of hydrogen-bond acceptors (Lipinski definition) is 4. The number of nitrogens with one attached hydrogen (secondary N) is 1. The summed E-state index contributed by atoms with van der Waals surface area (Å²) in [4.78, 5) is 10.2. The zero-order valence-corrected chi connectivity index (χ0v) is 15.1. The smallest absolute Gasteiger partial charge is 0.271 e. The van der Waals surface area contributed by atoms with Crippen LogP contribution >= 0.6 is 11.6 Å². The van der Waals surface area contributed by atoms with Crippen LogP contribution in [0.4, 0.5) is 15.8 Å².